The summed E-state index contributed by atoms with van der Waals surface area (Å²) in [6, 6.07) is 7.68. The Balaban J connectivity index is 2.12. The molecule has 0 spiro atoms. The molecule has 0 unspecified atom stereocenters. The van der Waals surface area contributed by atoms with Crippen molar-refractivity contribution < 1.29 is 8.42 Å². The van der Waals surface area contributed by atoms with E-state index in [4.69, 9.17) is 5.73 Å². The number of aromatic nitrogens is 2. The molecule has 0 aliphatic carbocycles. The van der Waals surface area contributed by atoms with Crippen LogP contribution in [0.1, 0.15) is 11.5 Å². The van der Waals surface area contributed by atoms with Crippen LogP contribution in [0, 0.1) is 6.92 Å². The minimum Gasteiger partial charge on any atom is -0.399 e. The van der Waals surface area contributed by atoms with Gasteiger partial charge < -0.3 is 5.73 Å². The molecule has 0 bridgehead atoms. The number of sulfonamides is 1. The second-order valence-corrected chi connectivity index (χ2v) is 5.76. The molecule has 0 radical (unpaired) electrons. The monoisotopic (exact) mass is 278 g/mol. The molecule has 1 heterocycles. The predicted octanol–water partition coefficient (Wildman–Crippen LogP) is 0.846. The van der Waals surface area contributed by atoms with E-state index < -0.39 is 10.0 Å². The zero-order chi connectivity index (χ0) is 13.9. The van der Waals surface area contributed by atoms with Crippen LogP contribution in [0.5, 0.6) is 0 Å². The molecule has 3 N–H and O–H groups in total. The second-order valence-electron chi connectivity index (χ2n) is 3.99. The fourth-order valence-corrected chi connectivity index (χ4v) is 2.50. The topological polar surface area (TPSA) is 98.0 Å². The standard InChI is InChI=1S/C12H14N4O2S/c1-9-14-7-6-11(16-9)8-15-19(17,18)12-4-2-10(13)3-5-12/h2-7,15H,8,13H2,1H3. The molecule has 7 heteroatoms. The number of nitrogens with one attached hydrogen (secondary N) is 1. The van der Waals surface area contributed by atoms with E-state index in [1.807, 2.05) is 0 Å². The van der Waals surface area contributed by atoms with Crippen molar-refractivity contribution in [2.24, 2.45) is 0 Å². The average molecular weight is 278 g/mol. The van der Waals surface area contributed by atoms with Crippen LogP contribution in [0.3, 0.4) is 0 Å². The number of rotatable bonds is 4. The SMILES string of the molecule is Cc1nccc(CNS(=O)(=O)c2ccc(N)cc2)n1. The lowest BCUT2D eigenvalue weighted by Gasteiger charge is -2.06. The van der Waals surface area contributed by atoms with Gasteiger partial charge in [-0.2, -0.15) is 0 Å². The van der Waals surface area contributed by atoms with Crippen LogP contribution in [0.25, 0.3) is 0 Å². The van der Waals surface area contributed by atoms with E-state index >= 15 is 0 Å². The Labute approximate surface area is 111 Å². The molecular formula is C12H14N4O2S. The molecule has 6 nitrogen and oxygen atoms in total. The molecule has 0 fully saturated rings. The number of hydrogen-bond donors (Lipinski definition) is 2. The molecule has 0 saturated carbocycles. The zero-order valence-corrected chi connectivity index (χ0v) is 11.2. The van der Waals surface area contributed by atoms with E-state index in [1.54, 1.807) is 31.3 Å². The molecule has 0 aliphatic rings. The second kappa shape index (κ2) is 5.33. The summed E-state index contributed by atoms with van der Waals surface area (Å²) in [5.74, 6) is 0.601. The van der Waals surface area contributed by atoms with Crippen molar-refractivity contribution in [3.8, 4) is 0 Å². The van der Waals surface area contributed by atoms with Gasteiger partial charge in [0.1, 0.15) is 5.82 Å². The fourth-order valence-electron chi connectivity index (χ4n) is 1.50. The zero-order valence-electron chi connectivity index (χ0n) is 10.4. The average Bonchev–Trinajstić information content (AvgIpc) is 2.37. The number of nitrogens with zero attached hydrogens (tertiary/aromatic N) is 2. The van der Waals surface area contributed by atoms with E-state index in [0.717, 1.165) is 0 Å². The number of benzene rings is 1. The van der Waals surface area contributed by atoms with Crippen LogP contribution in [0.2, 0.25) is 0 Å². The fraction of sp³-hybridized carbons (Fsp3) is 0.167. The third-order valence-electron chi connectivity index (χ3n) is 2.47. The number of anilines is 1. The molecular weight excluding hydrogens is 264 g/mol. The van der Waals surface area contributed by atoms with Crippen molar-refractivity contribution in [3.05, 3.63) is 48.0 Å². The number of aryl methyl sites for hydroxylation is 1. The first-order valence-corrected chi connectivity index (χ1v) is 7.09. The Hall–Kier alpha value is -1.99. The van der Waals surface area contributed by atoms with Gasteiger partial charge in [0, 0.05) is 11.9 Å². The molecule has 100 valence electrons. The third-order valence-corrected chi connectivity index (χ3v) is 3.88. The van der Waals surface area contributed by atoms with Gasteiger partial charge in [0.05, 0.1) is 17.1 Å². The smallest absolute Gasteiger partial charge is 0.240 e. The minimum atomic E-state index is -3.55. The summed E-state index contributed by atoms with van der Waals surface area (Å²) >= 11 is 0. The first kappa shape index (κ1) is 13.4. The van der Waals surface area contributed by atoms with Crippen LogP contribution in [-0.4, -0.2) is 18.4 Å². The van der Waals surface area contributed by atoms with Crippen LogP contribution in [0.15, 0.2) is 41.4 Å². The molecule has 2 rings (SSSR count). The summed E-state index contributed by atoms with van der Waals surface area (Å²) in [6.45, 7) is 1.87. The highest BCUT2D eigenvalue weighted by molar-refractivity contribution is 7.89. The van der Waals surface area contributed by atoms with Crippen molar-refractivity contribution in [1.82, 2.24) is 14.7 Å². The Morgan fingerprint density at radius 1 is 1.21 bits per heavy atom. The van der Waals surface area contributed by atoms with Crippen LogP contribution in [0.4, 0.5) is 5.69 Å². The molecule has 19 heavy (non-hydrogen) atoms. The minimum absolute atomic E-state index is 0.121. The maximum atomic E-state index is 12.0. The molecule has 0 atom stereocenters. The first-order valence-electron chi connectivity index (χ1n) is 5.61. The molecule has 0 amide bonds. The van der Waals surface area contributed by atoms with Gasteiger partial charge in [-0.15, -0.1) is 0 Å². The summed E-state index contributed by atoms with van der Waals surface area (Å²) in [5.41, 5.74) is 6.66. The van der Waals surface area contributed by atoms with Crippen molar-refractivity contribution in [2.75, 3.05) is 5.73 Å². The molecule has 2 aromatic rings. The lowest BCUT2D eigenvalue weighted by Crippen LogP contribution is -2.23. The van der Waals surface area contributed by atoms with E-state index in [-0.39, 0.29) is 11.4 Å². The number of hydrogen-bond acceptors (Lipinski definition) is 5. The van der Waals surface area contributed by atoms with Gasteiger partial charge in [0.25, 0.3) is 0 Å². The summed E-state index contributed by atoms with van der Waals surface area (Å²) in [6.07, 6.45) is 1.59. The van der Waals surface area contributed by atoms with Gasteiger partial charge in [-0.25, -0.2) is 23.1 Å². The van der Waals surface area contributed by atoms with Crippen molar-refractivity contribution in [3.63, 3.8) is 0 Å². The van der Waals surface area contributed by atoms with Gasteiger partial charge in [-0.05, 0) is 37.3 Å². The van der Waals surface area contributed by atoms with Gasteiger partial charge in [-0.3, -0.25) is 0 Å². The van der Waals surface area contributed by atoms with Gasteiger partial charge >= 0.3 is 0 Å². The Kier molecular flexibility index (Phi) is 3.77. The lowest BCUT2D eigenvalue weighted by molar-refractivity contribution is 0.580. The third kappa shape index (κ3) is 3.49. The largest absolute Gasteiger partial charge is 0.399 e. The summed E-state index contributed by atoms with van der Waals surface area (Å²) < 4.78 is 26.5. The summed E-state index contributed by atoms with van der Waals surface area (Å²) in [7, 11) is -3.55. The Morgan fingerprint density at radius 2 is 1.89 bits per heavy atom. The highest BCUT2D eigenvalue weighted by Crippen LogP contribution is 2.11. The van der Waals surface area contributed by atoms with E-state index in [1.165, 1.54) is 12.1 Å². The first-order chi connectivity index (χ1) is 8.97. The van der Waals surface area contributed by atoms with Gasteiger partial charge in [0.2, 0.25) is 10.0 Å². The highest BCUT2D eigenvalue weighted by atomic mass is 32.2. The maximum Gasteiger partial charge on any atom is 0.240 e. The summed E-state index contributed by atoms with van der Waals surface area (Å²) in [4.78, 5) is 8.25. The van der Waals surface area contributed by atoms with Crippen molar-refractivity contribution >= 4 is 15.7 Å². The van der Waals surface area contributed by atoms with E-state index in [9.17, 15) is 8.42 Å². The Bertz CT molecular complexity index is 668. The number of nitrogen functional groups attached to an aromatic ring is 1. The van der Waals surface area contributed by atoms with Crippen molar-refractivity contribution in [1.29, 1.82) is 0 Å². The molecule has 0 saturated heterocycles. The summed E-state index contributed by atoms with van der Waals surface area (Å²) in [5, 5.41) is 0. The highest BCUT2D eigenvalue weighted by Gasteiger charge is 2.13. The maximum absolute atomic E-state index is 12.0. The van der Waals surface area contributed by atoms with Crippen molar-refractivity contribution in [2.45, 2.75) is 18.4 Å². The normalized spacial score (nSPS) is 11.4. The van der Waals surface area contributed by atoms with E-state index in [0.29, 0.717) is 17.2 Å². The van der Waals surface area contributed by atoms with Crippen LogP contribution < -0.4 is 10.5 Å². The lowest BCUT2D eigenvalue weighted by atomic mass is 10.3. The molecule has 0 aliphatic heterocycles. The molecule has 1 aromatic carbocycles. The van der Waals surface area contributed by atoms with Crippen LogP contribution in [-0.2, 0) is 16.6 Å². The van der Waals surface area contributed by atoms with Crippen LogP contribution >= 0.6 is 0 Å². The van der Waals surface area contributed by atoms with Gasteiger partial charge in [0.15, 0.2) is 0 Å². The quantitative estimate of drug-likeness (QED) is 0.808. The Morgan fingerprint density at radius 3 is 2.53 bits per heavy atom. The predicted molar refractivity (Wildman–Crippen MR) is 71.6 cm³/mol. The van der Waals surface area contributed by atoms with Gasteiger partial charge in [-0.1, -0.05) is 0 Å². The number of nitrogens with two attached hydrogens (primary N) is 1. The molecule has 1 aromatic heterocycles. The van der Waals surface area contributed by atoms with E-state index in [2.05, 4.69) is 14.7 Å².